The van der Waals surface area contributed by atoms with Gasteiger partial charge in [0, 0.05) is 0 Å². The van der Waals surface area contributed by atoms with Gasteiger partial charge in [-0.2, -0.15) is 0 Å². The molecule has 0 atom stereocenters. The molecule has 0 aliphatic rings. The van der Waals surface area contributed by atoms with Gasteiger partial charge in [0.15, 0.2) is 5.82 Å². The third-order valence-corrected chi connectivity index (χ3v) is 2.28. The number of amides is 1. The highest BCUT2D eigenvalue weighted by molar-refractivity contribution is 6.29. The Bertz CT molecular complexity index is 584. The van der Waals surface area contributed by atoms with Gasteiger partial charge in [-0.05, 0) is 12.1 Å². The first-order chi connectivity index (χ1) is 8.58. The van der Waals surface area contributed by atoms with E-state index in [1.807, 2.05) is 0 Å². The summed E-state index contributed by atoms with van der Waals surface area (Å²) in [6, 6.07) is 4.00. The number of halogens is 1. The van der Waals surface area contributed by atoms with Crippen LogP contribution in [0.15, 0.2) is 30.6 Å². The number of nitrogens with one attached hydrogen (secondary N) is 1. The Hall–Kier alpha value is -2.34. The summed E-state index contributed by atoms with van der Waals surface area (Å²) in [7, 11) is 0. The lowest BCUT2D eigenvalue weighted by molar-refractivity contribution is 0.102. The van der Waals surface area contributed by atoms with Crippen molar-refractivity contribution in [3.05, 3.63) is 41.3 Å². The number of hydrogen-bond donors (Lipinski definition) is 3. The number of carbonyl (C=O) groups is 1. The molecule has 6 nitrogen and oxygen atoms in total. The lowest BCUT2D eigenvalue weighted by Crippen LogP contribution is -2.13. The Balaban J connectivity index is 2.28. The fourth-order valence-electron chi connectivity index (χ4n) is 1.34. The average molecular weight is 266 g/mol. The highest BCUT2D eigenvalue weighted by atomic mass is 35.5. The van der Waals surface area contributed by atoms with Crippen molar-refractivity contribution in [2.24, 2.45) is 0 Å². The highest BCUT2D eigenvalue weighted by Crippen LogP contribution is 2.26. The summed E-state index contributed by atoms with van der Waals surface area (Å²) in [5.41, 5.74) is -0.237. The molecule has 0 bridgehead atoms. The molecule has 92 valence electrons. The monoisotopic (exact) mass is 265 g/mol. The molecular formula is C11H8ClN3O3. The first-order valence-electron chi connectivity index (χ1n) is 4.88. The van der Waals surface area contributed by atoms with Crippen molar-refractivity contribution in [3.8, 4) is 11.5 Å². The third kappa shape index (κ3) is 2.49. The average Bonchev–Trinajstić information content (AvgIpc) is 2.28. The maximum atomic E-state index is 11.8. The number of aromatic nitrogens is 2. The Morgan fingerprint density at radius 2 is 1.89 bits per heavy atom. The van der Waals surface area contributed by atoms with E-state index in [0.717, 1.165) is 0 Å². The van der Waals surface area contributed by atoms with Crippen LogP contribution in [0.3, 0.4) is 0 Å². The number of hydrogen-bond acceptors (Lipinski definition) is 5. The minimum Gasteiger partial charge on any atom is -0.507 e. The zero-order valence-corrected chi connectivity index (χ0v) is 9.72. The normalized spacial score (nSPS) is 10.1. The van der Waals surface area contributed by atoms with Crippen LogP contribution in [0.5, 0.6) is 11.5 Å². The molecule has 18 heavy (non-hydrogen) atoms. The summed E-state index contributed by atoms with van der Waals surface area (Å²) in [6.07, 6.45) is 2.61. The Morgan fingerprint density at radius 1 is 1.22 bits per heavy atom. The van der Waals surface area contributed by atoms with E-state index < -0.39 is 5.91 Å². The van der Waals surface area contributed by atoms with E-state index in [9.17, 15) is 15.0 Å². The van der Waals surface area contributed by atoms with Crippen LogP contribution in [0, 0.1) is 0 Å². The molecule has 0 saturated heterocycles. The fourth-order valence-corrected chi connectivity index (χ4v) is 1.49. The number of rotatable bonds is 2. The fraction of sp³-hybridized carbons (Fsp3) is 0. The van der Waals surface area contributed by atoms with Crippen molar-refractivity contribution in [1.82, 2.24) is 9.97 Å². The lowest BCUT2D eigenvalue weighted by atomic mass is 10.1. The molecule has 0 radical (unpaired) electrons. The van der Waals surface area contributed by atoms with Crippen molar-refractivity contribution in [2.45, 2.75) is 0 Å². The summed E-state index contributed by atoms with van der Waals surface area (Å²) in [6.45, 7) is 0. The lowest BCUT2D eigenvalue weighted by Gasteiger charge is -2.07. The molecule has 0 saturated carbocycles. The second kappa shape index (κ2) is 4.89. The second-order valence-electron chi connectivity index (χ2n) is 3.35. The molecule has 0 unspecified atom stereocenters. The number of aromatic hydroxyl groups is 2. The summed E-state index contributed by atoms with van der Waals surface area (Å²) in [4.78, 5) is 19.4. The molecule has 1 heterocycles. The Labute approximate surface area is 107 Å². The Kier molecular flexibility index (Phi) is 3.29. The number of phenolic OH excluding ortho intramolecular Hbond substituents is 2. The molecular weight excluding hydrogens is 258 g/mol. The molecule has 2 rings (SSSR count). The van der Waals surface area contributed by atoms with E-state index in [1.165, 1.54) is 30.6 Å². The quantitative estimate of drug-likeness (QED) is 0.769. The van der Waals surface area contributed by atoms with Gasteiger partial charge in [0.05, 0.1) is 12.4 Å². The largest absolute Gasteiger partial charge is 0.507 e. The van der Waals surface area contributed by atoms with Gasteiger partial charge in [-0.25, -0.2) is 4.98 Å². The van der Waals surface area contributed by atoms with Crippen LogP contribution in [-0.2, 0) is 0 Å². The van der Waals surface area contributed by atoms with Crippen LogP contribution in [0.1, 0.15) is 10.4 Å². The molecule has 2 aromatic rings. The summed E-state index contributed by atoms with van der Waals surface area (Å²) in [5.74, 6) is -1.25. The van der Waals surface area contributed by atoms with Crippen LogP contribution in [-0.4, -0.2) is 26.1 Å². The van der Waals surface area contributed by atoms with Gasteiger partial charge in [-0.15, -0.1) is 0 Å². The molecule has 0 spiro atoms. The topological polar surface area (TPSA) is 95.3 Å². The van der Waals surface area contributed by atoms with E-state index in [4.69, 9.17) is 11.6 Å². The van der Waals surface area contributed by atoms with Crippen molar-refractivity contribution >= 4 is 23.3 Å². The summed E-state index contributed by atoms with van der Waals surface area (Å²) < 4.78 is 0. The van der Waals surface area contributed by atoms with Gasteiger partial charge in [-0.1, -0.05) is 17.7 Å². The van der Waals surface area contributed by atoms with E-state index in [0.29, 0.717) is 0 Å². The molecule has 0 aliphatic heterocycles. The van der Waals surface area contributed by atoms with Crippen molar-refractivity contribution in [1.29, 1.82) is 0 Å². The number of benzene rings is 1. The van der Waals surface area contributed by atoms with Crippen LogP contribution in [0.25, 0.3) is 0 Å². The molecule has 3 N–H and O–H groups in total. The number of nitrogens with zero attached hydrogens (tertiary/aromatic N) is 2. The van der Waals surface area contributed by atoms with Gasteiger partial charge < -0.3 is 15.5 Å². The zero-order valence-electron chi connectivity index (χ0n) is 8.96. The van der Waals surface area contributed by atoms with Crippen LogP contribution in [0.2, 0.25) is 5.15 Å². The van der Waals surface area contributed by atoms with Crippen molar-refractivity contribution in [3.63, 3.8) is 0 Å². The first kappa shape index (κ1) is 12.1. The highest BCUT2D eigenvalue weighted by Gasteiger charge is 2.16. The van der Waals surface area contributed by atoms with E-state index in [-0.39, 0.29) is 28.0 Å². The minimum atomic E-state index is -0.706. The van der Waals surface area contributed by atoms with E-state index in [1.54, 1.807) is 0 Å². The molecule has 1 amide bonds. The van der Waals surface area contributed by atoms with E-state index in [2.05, 4.69) is 15.3 Å². The predicted molar refractivity (Wildman–Crippen MR) is 64.8 cm³/mol. The van der Waals surface area contributed by atoms with Gasteiger partial charge in [0.25, 0.3) is 5.91 Å². The Morgan fingerprint density at radius 3 is 2.50 bits per heavy atom. The zero-order chi connectivity index (χ0) is 13.1. The van der Waals surface area contributed by atoms with Gasteiger partial charge in [-0.3, -0.25) is 9.78 Å². The molecule has 0 fully saturated rings. The standard InChI is InChI=1S/C11H8ClN3O3/c12-8-4-13-5-9(14-8)15-11(18)10-6(16)2-1-3-7(10)17/h1-5,16-17H,(H,14,15,18). The maximum absolute atomic E-state index is 11.8. The molecule has 7 heteroatoms. The van der Waals surface area contributed by atoms with Crippen LogP contribution >= 0.6 is 11.6 Å². The second-order valence-corrected chi connectivity index (χ2v) is 3.74. The molecule has 1 aromatic heterocycles. The number of carbonyl (C=O) groups excluding carboxylic acids is 1. The third-order valence-electron chi connectivity index (χ3n) is 2.09. The summed E-state index contributed by atoms with van der Waals surface area (Å²) >= 11 is 5.61. The first-order valence-corrected chi connectivity index (χ1v) is 5.25. The summed E-state index contributed by atoms with van der Waals surface area (Å²) in [5, 5.41) is 21.5. The number of anilines is 1. The molecule has 0 aliphatic carbocycles. The van der Waals surface area contributed by atoms with Crippen molar-refractivity contribution in [2.75, 3.05) is 5.32 Å². The minimum absolute atomic E-state index is 0.120. The van der Waals surface area contributed by atoms with Crippen molar-refractivity contribution < 1.29 is 15.0 Å². The van der Waals surface area contributed by atoms with Gasteiger partial charge in [0.2, 0.25) is 0 Å². The van der Waals surface area contributed by atoms with Gasteiger partial charge >= 0.3 is 0 Å². The SMILES string of the molecule is O=C(Nc1cncc(Cl)n1)c1c(O)cccc1O. The molecule has 1 aromatic carbocycles. The maximum Gasteiger partial charge on any atom is 0.264 e. The smallest absolute Gasteiger partial charge is 0.264 e. The van der Waals surface area contributed by atoms with Crippen LogP contribution in [0.4, 0.5) is 5.82 Å². The predicted octanol–water partition coefficient (Wildman–Crippen LogP) is 1.79. The number of phenols is 2. The van der Waals surface area contributed by atoms with E-state index >= 15 is 0 Å². The van der Waals surface area contributed by atoms with Gasteiger partial charge in [0.1, 0.15) is 22.2 Å². The van der Waals surface area contributed by atoms with Crippen LogP contribution < -0.4 is 5.32 Å².